The number of halogens is 1. The van der Waals surface area contributed by atoms with Gasteiger partial charge >= 0.3 is 0 Å². The first-order chi connectivity index (χ1) is 9.31. The first kappa shape index (κ1) is 17.7. The first-order valence-electron chi connectivity index (χ1n) is 7.22. The van der Waals surface area contributed by atoms with Crippen molar-refractivity contribution in [1.82, 2.24) is 15.6 Å². The number of guanidine groups is 1. The third-order valence-corrected chi connectivity index (χ3v) is 4.54. The van der Waals surface area contributed by atoms with E-state index in [4.69, 9.17) is 0 Å². The maximum absolute atomic E-state index is 4.57. The molecule has 0 bridgehead atoms. The Morgan fingerprint density at radius 3 is 2.80 bits per heavy atom. The molecule has 4 nitrogen and oxygen atoms in total. The minimum absolute atomic E-state index is 0. The zero-order valence-electron chi connectivity index (χ0n) is 12.3. The predicted octanol–water partition coefficient (Wildman–Crippen LogP) is 2.97. The van der Waals surface area contributed by atoms with E-state index in [2.05, 4.69) is 32.9 Å². The summed E-state index contributed by atoms with van der Waals surface area (Å²) in [5.74, 6) is 0.929. The van der Waals surface area contributed by atoms with Gasteiger partial charge in [-0.05, 0) is 19.3 Å². The number of aliphatic imine (C=N–C) groups is 1. The van der Waals surface area contributed by atoms with E-state index in [9.17, 15) is 0 Å². The lowest BCUT2D eigenvalue weighted by Crippen LogP contribution is -2.43. The van der Waals surface area contributed by atoms with Crippen LogP contribution in [0.5, 0.6) is 0 Å². The quantitative estimate of drug-likeness (QED) is 0.448. The minimum atomic E-state index is 0. The van der Waals surface area contributed by atoms with E-state index in [0.29, 0.717) is 6.04 Å². The van der Waals surface area contributed by atoms with Crippen LogP contribution < -0.4 is 10.6 Å². The zero-order chi connectivity index (χ0) is 13.5. The molecule has 114 valence electrons. The van der Waals surface area contributed by atoms with Crippen LogP contribution >= 0.6 is 35.3 Å². The van der Waals surface area contributed by atoms with E-state index in [0.717, 1.165) is 25.3 Å². The molecule has 6 heteroatoms. The van der Waals surface area contributed by atoms with Gasteiger partial charge in [-0.3, -0.25) is 4.99 Å². The summed E-state index contributed by atoms with van der Waals surface area (Å²) in [6, 6.07) is 0.608. The van der Waals surface area contributed by atoms with Crippen LogP contribution in [0.2, 0.25) is 0 Å². The standard InChI is InChI=1S/C14H24N4S.HI/c1-3-13-17-12(10-19-13)8-9-16-14(15-2)18-11-6-4-5-7-11;/h10-11H,3-9H2,1-2H3,(H2,15,16,18);1H. The van der Waals surface area contributed by atoms with Crippen LogP contribution in [0.3, 0.4) is 0 Å². The van der Waals surface area contributed by atoms with Crippen molar-refractivity contribution in [3.8, 4) is 0 Å². The van der Waals surface area contributed by atoms with Gasteiger partial charge in [0.25, 0.3) is 0 Å². The van der Waals surface area contributed by atoms with E-state index < -0.39 is 0 Å². The second-order valence-electron chi connectivity index (χ2n) is 4.96. The molecule has 0 radical (unpaired) electrons. The number of aryl methyl sites for hydroxylation is 1. The number of nitrogens with zero attached hydrogens (tertiary/aromatic N) is 2. The summed E-state index contributed by atoms with van der Waals surface area (Å²) in [7, 11) is 1.84. The maximum atomic E-state index is 4.57. The Kier molecular flexibility index (Phi) is 8.44. The van der Waals surface area contributed by atoms with Crippen LogP contribution in [0.1, 0.15) is 43.3 Å². The topological polar surface area (TPSA) is 49.3 Å². The molecule has 0 saturated heterocycles. The van der Waals surface area contributed by atoms with E-state index in [1.807, 2.05) is 7.05 Å². The van der Waals surface area contributed by atoms with Gasteiger partial charge < -0.3 is 10.6 Å². The van der Waals surface area contributed by atoms with Gasteiger partial charge in [-0.1, -0.05) is 19.8 Å². The first-order valence-corrected chi connectivity index (χ1v) is 8.10. The molecule has 2 N–H and O–H groups in total. The van der Waals surface area contributed by atoms with Gasteiger partial charge in [0.1, 0.15) is 0 Å². The highest BCUT2D eigenvalue weighted by atomic mass is 127. The summed E-state index contributed by atoms with van der Waals surface area (Å²) in [4.78, 5) is 8.85. The van der Waals surface area contributed by atoms with Gasteiger partial charge in [-0.2, -0.15) is 0 Å². The summed E-state index contributed by atoms with van der Waals surface area (Å²) in [6.07, 6.45) is 7.21. The smallest absolute Gasteiger partial charge is 0.191 e. The number of nitrogens with one attached hydrogen (secondary N) is 2. The molecular weight excluding hydrogens is 383 g/mol. The van der Waals surface area contributed by atoms with Crippen LogP contribution in [0.25, 0.3) is 0 Å². The van der Waals surface area contributed by atoms with Gasteiger partial charge in [-0.15, -0.1) is 35.3 Å². The van der Waals surface area contributed by atoms with Gasteiger partial charge in [0.2, 0.25) is 0 Å². The van der Waals surface area contributed by atoms with Crippen molar-refractivity contribution in [3.63, 3.8) is 0 Å². The number of hydrogen-bond acceptors (Lipinski definition) is 3. The number of aromatic nitrogens is 1. The van der Waals surface area contributed by atoms with Gasteiger partial charge in [0, 0.05) is 31.4 Å². The van der Waals surface area contributed by atoms with E-state index in [1.165, 1.54) is 36.4 Å². The maximum Gasteiger partial charge on any atom is 0.191 e. The highest BCUT2D eigenvalue weighted by Gasteiger charge is 2.15. The Bertz CT molecular complexity index is 413. The monoisotopic (exact) mass is 408 g/mol. The van der Waals surface area contributed by atoms with Crippen LogP contribution in [0.4, 0.5) is 0 Å². The second kappa shape index (κ2) is 9.55. The summed E-state index contributed by atoms with van der Waals surface area (Å²) < 4.78 is 0. The largest absolute Gasteiger partial charge is 0.356 e. The summed E-state index contributed by atoms with van der Waals surface area (Å²) in [6.45, 7) is 3.04. The lowest BCUT2D eigenvalue weighted by Gasteiger charge is -2.16. The normalized spacial score (nSPS) is 16.0. The van der Waals surface area contributed by atoms with Crippen LogP contribution in [0.15, 0.2) is 10.4 Å². The molecule has 20 heavy (non-hydrogen) atoms. The molecule has 2 rings (SSSR count). The molecule has 1 aromatic heterocycles. The number of rotatable bonds is 5. The summed E-state index contributed by atoms with van der Waals surface area (Å²) in [5.41, 5.74) is 1.19. The van der Waals surface area contributed by atoms with Crippen molar-refractivity contribution in [1.29, 1.82) is 0 Å². The summed E-state index contributed by atoms with van der Waals surface area (Å²) in [5, 5.41) is 10.3. The van der Waals surface area contributed by atoms with Gasteiger partial charge in [-0.25, -0.2) is 4.98 Å². The molecule has 1 fully saturated rings. The second-order valence-corrected chi connectivity index (χ2v) is 5.90. The number of thiazole rings is 1. The molecule has 0 unspecified atom stereocenters. The molecule has 1 aliphatic carbocycles. The van der Waals surface area contributed by atoms with Crippen LogP contribution in [-0.4, -0.2) is 30.6 Å². The summed E-state index contributed by atoms with van der Waals surface area (Å²) >= 11 is 1.76. The zero-order valence-corrected chi connectivity index (χ0v) is 15.5. The number of hydrogen-bond donors (Lipinski definition) is 2. The fourth-order valence-corrected chi connectivity index (χ4v) is 3.17. The Labute approximate surface area is 142 Å². The third-order valence-electron chi connectivity index (χ3n) is 3.49. The van der Waals surface area contributed by atoms with E-state index in [1.54, 1.807) is 11.3 Å². The van der Waals surface area contributed by atoms with Crippen LogP contribution in [0, 0.1) is 0 Å². The predicted molar refractivity (Wildman–Crippen MR) is 97.4 cm³/mol. The van der Waals surface area contributed by atoms with Crippen molar-refractivity contribution in [2.75, 3.05) is 13.6 Å². The molecule has 1 heterocycles. The average Bonchev–Trinajstić information content (AvgIpc) is 3.08. The molecule has 1 aliphatic rings. The van der Waals surface area contributed by atoms with E-state index >= 15 is 0 Å². The lowest BCUT2D eigenvalue weighted by molar-refractivity contribution is 0.613. The van der Waals surface area contributed by atoms with E-state index in [-0.39, 0.29) is 24.0 Å². The van der Waals surface area contributed by atoms with Crippen molar-refractivity contribution in [2.45, 2.75) is 51.5 Å². The Morgan fingerprint density at radius 1 is 1.45 bits per heavy atom. The molecular formula is C14H25IN4S. The molecule has 0 spiro atoms. The highest BCUT2D eigenvalue weighted by Crippen LogP contribution is 2.17. The van der Waals surface area contributed by atoms with Crippen molar-refractivity contribution < 1.29 is 0 Å². The lowest BCUT2D eigenvalue weighted by atomic mass is 10.2. The molecule has 0 aromatic carbocycles. The fraction of sp³-hybridized carbons (Fsp3) is 0.714. The molecule has 0 amide bonds. The Balaban J connectivity index is 0.00000200. The third kappa shape index (κ3) is 5.55. The van der Waals surface area contributed by atoms with Crippen molar-refractivity contribution in [3.05, 3.63) is 16.1 Å². The molecule has 1 aromatic rings. The van der Waals surface area contributed by atoms with Crippen molar-refractivity contribution >= 4 is 41.3 Å². The van der Waals surface area contributed by atoms with Gasteiger partial charge in [0.15, 0.2) is 5.96 Å². The molecule has 1 saturated carbocycles. The van der Waals surface area contributed by atoms with Gasteiger partial charge in [0.05, 0.1) is 10.7 Å². The minimum Gasteiger partial charge on any atom is -0.356 e. The molecule has 0 atom stereocenters. The van der Waals surface area contributed by atoms with Crippen molar-refractivity contribution in [2.24, 2.45) is 4.99 Å². The fourth-order valence-electron chi connectivity index (χ4n) is 2.39. The highest BCUT2D eigenvalue weighted by molar-refractivity contribution is 14.0. The van der Waals surface area contributed by atoms with Crippen LogP contribution in [-0.2, 0) is 12.8 Å². The molecule has 0 aliphatic heterocycles. The Hall–Kier alpha value is -0.370. The Morgan fingerprint density at radius 2 is 2.20 bits per heavy atom. The SMILES string of the molecule is CCc1nc(CCNC(=NC)NC2CCCC2)cs1.I. The average molecular weight is 408 g/mol.